The Morgan fingerprint density at radius 1 is 1.13 bits per heavy atom. The number of allylic oxidation sites excluding steroid dienone is 1. The number of rotatable bonds is 14. The maximum atomic E-state index is 12.4. The number of ketones is 1. The first-order chi connectivity index (χ1) is 22.5. The van der Waals surface area contributed by atoms with Crippen LogP contribution in [0, 0.1) is 5.92 Å². The lowest BCUT2D eigenvalue weighted by molar-refractivity contribution is -0.141. The van der Waals surface area contributed by atoms with E-state index in [0.717, 1.165) is 34.8 Å². The summed E-state index contributed by atoms with van der Waals surface area (Å²) in [5, 5.41) is -0.343. The number of imide groups is 1. The van der Waals surface area contributed by atoms with Gasteiger partial charge in [0.2, 0.25) is 11.8 Å². The Morgan fingerprint density at radius 2 is 1.85 bits per heavy atom. The molecule has 2 heterocycles. The van der Waals surface area contributed by atoms with E-state index >= 15 is 0 Å². The summed E-state index contributed by atoms with van der Waals surface area (Å²) in [5.74, 6) is -0.679. The molecule has 2 fully saturated rings. The van der Waals surface area contributed by atoms with Gasteiger partial charge < -0.3 is 9.32 Å². The number of carbonyl (C=O) groups is 3. The van der Waals surface area contributed by atoms with Gasteiger partial charge in [-0.3, -0.25) is 28.8 Å². The molecule has 47 heavy (non-hydrogen) atoms. The van der Waals surface area contributed by atoms with Crippen LogP contribution in [-0.4, -0.2) is 71.9 Å². The lowest BCUT2D eigenvalue weighted by atomic mass is 9.68. The Bertz CT molecular complexity index is 1830. The molecule has 1 aromatic carbocycles. The number of benzene rings is 2. The maximum absolute atomic E-state index is 12.4. The molecule has 2 aliphatic heterocycles. The Labute approximate surface area is 275 Å². The summed E-state index contributed by atoms with van der Waals surface area (Å²) in [6.45, 7) is 10.0. The van der Waals surface area contributed by atoms with E-state index in [4.69, 9.17) is 14.4 Å². The average molecular weight is 665 g/mol. The second-order valence-corrected chi connectivity index (χ2v) is 14.1. The van der Waals surface area contributed by atoms with Crippen molar-refractivity contribution in [3.05, 3.63) is 46.8 Å². The quantitative estimate of drug-likeness (QED) is 0.104. The lowest BCUT2D eigenvalue weighted by Gasteiger charge is -2.42. The molecule has 4 aliphatic rings. The topological polar surface area (TPSA) is 150 Å². The minimum atomic E-state index is -4.30. The third kappa shape index (κ3) is 7.33. The number of Topliss-reactive ketones (excluding diaryl/α,β-unsaturated/α-hetero) is 1. The predicted molar refractivity (Wildman–Crippen MR) is 181 cm³/mol. The van der Waals surface area contributed by atoms with E-state index < -0.39 is 21.3 Å². The largest absolute Gasteiger partial charge is 0.453 e. The number of nitrogens with zero attached hydrogens (tertiary/aromatic N) is 4. The molecule has 0 spiro atoms. The zero-order chi connectivity index (χ0) is 33.9. The van der Waals surface area contributed by atoms with Gasteiger partial charge in [-0.25, -0.2) is 4.98 Å². The molecule has 2 aliphatic carbocycles. The van der Waals surface area contributed by atoms with Gasteiger partial charge >= 0.3 is 0 Å². The van der Waals surface area contributed by atoms with Crippen LogP contribution in [0.15, 0.2) is 39.8 Å². The van der Waals surface area contributed by atoms with Crippen LogP contribution in [-0.2, 0) is 24.5 Å². The molecular formula is C35H44N4O7S. The Morgan fingerprint density at radius 3 is 2.49 bits per heavy atom. The van der Waals surface area contributed by atoms with Gasteiger partial charge in [0.25, 0.3) is 10.1 Å². The second-order valence-electron chi connectivity index (χ2n) is 12.5. The Balaban J connectivity index is 1.47. The van der Waals surface area contributed by atoms with Crippen LogP contribution in [0.25, 0.3) is 28.6 Å². The van der Waals surface area contributed by atoms with Gasteiger partial charge in [0.05, 0.1) is 17.2 Å². The monoisotopic (exact) mass is 664 g/mol. The molecule has 3 atom stereocenters. The summed E-state index contributed by atoms with van der Waals surface area (Å²) >= 11 is 0. The minimum absolute atomic E-state index is 0.00765. The number of amides is 2. The highest BCUT2D eigenvalue weighted by molar-refractivity contribution is 7.86. The Kier molecular flexibility index (Phi) is 10.6. The summed E-state index contributed by atoms with van der Waals surface area (Å²) < 4.78 is 41.4. The van der Waals surface area contributed by atoms with Gasteiger partial charge in [0.15, 0.2) is 17.1 Å². The number of aromatic nitrogens is 1. The number of likely N-dealkylation sites (tertiary alicyclic amines) is 1. The third-order valence-electron chi connectivity index (χ3n) is 9.40. The highest BCUT2D eigenvalue weighted by atomic mass is 32.2. The number of anilines is 1. The highest BCUT2D eigenvalue weighted by Crippen LogP contribution is 2.48. The fraction of sp³-hybridized carbons (Fsp3) is 0.514. The van der Waals surface area contributed by atoms with Crippen LogP contribution in [0.2, 0.25) is 0 Å². The van der Waals surface area contributed by atoms with Crippen molar-refractivity contribution < 1.29 is 31.8 Å². The molecule has 5 rings (SSSR count). The lowest BCUT2D eigenvalue weighted by Crippen LogP contribution is -2.45. The van der Waals surface area contributed by atoms with Gasteiger partial charge in [0.1, 0.15) is 11.2 Å². The maximum Gasteiger partial charge on any atom is 0.268 e. The summed E-state index contributed by atoms with van der Waals surface area (Å²) in [6, 6.07) is 7.76. The van der Waals surface area contributed by atoms with Crippen LogP contribution in [0.1, 0.15) is 89.7 Å². The van der Waals surface area contributed by atoms with Crippen molar-refractivity contribution in [3.8, 4) is 11.5 Å². The van der Waals surface area contributed by atoms with E-state index in [1.165, 1.54) is 0 Å². The molecule has 0 bridgehead atoms. The van der Waals surface area contributed by atoms with E-state index in [9.17, 15) is 27.4 Å². The van der Waals surface area contributed by atoms with Crippen LogP contribution < -0.4 is 10.3 Å². The van der Waals surface area contributed by atoms with Crippen LogP contribution >= 0.6 is 0 Å². The molecule has 1 N–H and O–H groups in total. The summed E-state index contributed by atoms with van der Waals surface area (Å²) in [5.41, 5.74) is 4.39. The molecule has 12 heteroatoms. The molecule has 11 nitrogen and oxygen atoms in total. The number of hydrogen-bond donors (Lipinski definition) is 1. The van der Waals surface area contributed by atoms with Crippen molar-refractivity contribution in [2.45, 2.75) is 83.8 Å². The number of carbonyl (C=O) groups excluding carboxylic acids is 3. The molecule has 1 saturated heterocycles. The fourth-order valence-corrected chi connectivity index (χ4v) is 8.17. The standard InChI is InChI=1S/C35H44N4O7S/c1-5-11-25-34(33-22(4)18-30(33)47(43,44)45)27(36-17-10-8-9-12-24(40)21-39-31(41)15-16-32(39)42)20-29-35(25)37-26-14-13-23(19-28(26)46-29)38(6-2)7-3/h5,11,13-14,19-20,22,30,33H,6-10,12,15-18,21H2,1-4H3,(H,43,44,45)/b11-5-,36-27-. The molecule has 0 aromatic heterocycles. The van der Waals surface area contributed by atoms with Crippen LogP contribution in [0.4, 0.5) is 5.69 Å². The smallest absolute Gasteiger partial charge is 0.268 e. The fourth-order valence-electron chi connectivity index (χ4n) is 6.85. The summed E-state index contributed by atoms with van der Waals surface area (Å²) in [6.07, 6.45) is 6.72. The zero-order valence-corrected chi connectivity index (χ0v) is 28.4. The van der Waals surface area contributed by atoms with Crippen molar-refractivity contribution in [3.63, 3.8) is 0 Å². The summed E-state index contributed by atoms with van der Waals surface area (Å²) in [4.78, 5) is 49.2. The zero-order valence-electron chi connectivity index (χ0n) is 27.6. The van der Waals surface area contributed by atoms with Crippen molar-refractivity contribution in [1.82, 2.24) is 9.88 Å². The molecule has 3 unspecified atom stereocenters. The first kappa shape index (κ1) is 34.4. The molecule has 2 amide bonds. The Hall–Kier alpha value is -3.90. The highest BCUT2D eigenvalue weighted by Gasteiger charge is 2.48. The van der Waals surface area contributed by atoms with Crippen LogP contribution in [0.5, 0.6) is 0 Å². The molecule has 252 valence electrons. The molecule has 1 saturated carbocycles. The van der Waals surface area contributed by atoms with Crippen molar-refractivity contribution in [2.75, 3.05) is 31.1 Å². The second kappa shape index (κ2) is 14.5. The van der Waals surface area contributed by atoms with Gasteiger partial charge in [-0.15, -0.1) is 0 Å². The first-order valence-corrected chi connectivity index (χ1v) is 18.1. The number of unbranched alkanes of at least 4 members (excludes halogenated alkanes) is 2. The molecule has 1 aromatic rings. The van der Waals surface area contributed by atoms with E-state index in [2.05, 4.69) is 18.7 Å². The van der Waals surface area contributed by atoms with Gasteiger partial charge in [0, 0.05) is 68.2 Å². The normalized spacial score (nSPS) is 20.6. The third-order valence-corrected chi connectivity index (χ3v) is 10.6. The van der Waals surface area contributed by atoms with Crippen molar-refractivity contribution in [1.29, 1.82) is 0 Å². The average Bonchev–Trinajstić information content (AvgIpc) is 3.34. The van der Waals surface area contributed by atoms with E-state index in [-0.39, 0.29) is 49.3 Å². The number of fused-ring (bicyclic) bond motifs is 2. The number of hydrogen-bond acceptors (Lipinski definition) is 9. The molecular weight excluding hydrogens is 620 g/mol. The predicted octanol–water partition coefficient (Wildman–Crippen LogP) is 5.37. The summed E-state index contributed by atoms with van der Waals surface area (Å²) in [7, 11) is -4.30. The first-order valence-electron chi connectivity index (χ1n) is 16.6. The van der Waals surface area contributed by atoms with Gasteiger partial charge in [-0.2, -0.15) is 8.42 Å². The van der Waals surface area contributed by atoms with E-state index in [1.807, 2.05) is 50.3 Å². The van der Waals surface area contributed by atoms with Crippen molar-refractivity contribution in [2.24, 2.45) is 10.9 Å². The molecule has 0 radical (unpaired) electrons. The van der Waals surface area contributed by atoms with Crippen molar-refractivity contribution >= 4 is 50.6 Å². The minimum Gasteiger partial charge on any atom is -0.453 e. The SMILES string of the molecule is C/C=C\c1c2nc3ccc(N(CC)CC)cc3oc-2c/c(=N/CCCCCC(=O)CN2C(=O)CCC2=O)c1C1C(C)CC1S(=O)(=O)O. The van der Waals surface area contributed by atoms with Gasteiger partial charge in [-0.05, 0) is 63.6 Å². The van der Waals surface area contributed by atoms with Gasteiger partial charge in [-0.1, -0.05) is 25.5 Å². The van der Waals surface area contributed by atoms with E-state index in [1.54, 1.807) is 0 Å². The van der Waals surface area contributed by atoms with E-state index in [0.29, 0.717) is 60.1 Å². The van der Waals surface area contributed by atoms with Crippen LogP contribution in [0.3, 0.4) is 0 Å².